The molecule has 0 aliphatic carbocycles. The number of nitrogens with one attached hydrogen (secondary N) is 1. The fourth-order valence-electron chi connectivity index (χ4n) is 2.39. The SMILES string of the molecule is CCn1cccc1CNCCCN(C)c1ccccc1. The van der Waals surface area contributed by atoms with Crippen LogP contribution in [0.2, 0.25) is 0 Å². The van der Waals surface area contributed by atoms with Gasteiger partial charge in [0.05, 0.1) is 0 Å². The monoisotopic (exact) mass is 271 g/mol. The van der Waals surface area contributed by atoms with E-state index in [2.05, 4.69) is 77.4 Å². The molecule has 1 heterocycles. The molecule has 20 heavy (non-hydrogen) atoms. The lowest BCUT2D eigenvalue weighted by atomic mass is 10.3. The molecule has 2 rings (SSSR count). The maximum atomic E-state index is 3.52. The third-order valence-electron chi connectivity index (χ3n) is 3.61. The molecular formula is C17H25N3. The zero-order valence-corrected chi connectivity index (χ0v) is 12.5. The normalized spacial score (nSPS) is 10.7. The summed E-state index contributed by atoms with van der Waals surface area (Å²) in [6.45, 7) is 6.30. The average Bonchev–Trinajstić information content (AvgIpc) is 2.95. The first-order valence-corrected chi connectivity index (χ1v) is 7.42. The summed E-state index contributed by atoms with van der Waals surface area (Å²) in [5.74, 6) is 0. The van der Waals surface area contributed by atoms with Crippen molar-refractivity contribution >= 4 is 5.69 Å². The lowest BCUT2D eigenvalue weighted by Gasteiger charge is -2.19. The van der Waals surface area contributed by atoms with Gasteiger partial charge in [-0.1, -0.05) is 18.2 Å². The molecular weight excluding hydrogens is 246 g/mol. The van der Waals surface area contributed by atoms with Crippen molar-refractivity contribution in [3.63, 3.8) is 0 Å². The Bertz CT molecular complexity index is 490. The van der Waals surface area contributed by atoms with Crippen molar-refractivity contribution in [2.75, 3.05) is 25.0 Å². The van der Waals surface area contributed by atoms with E-state index >= 15 is 0 Å². The van der Waals surface area contributed by atoms with E-state index in [9.17, 15) is 0 Å². The van der Waals surface area contributed by atoms with E-state index in [0.29, 0.717) is 0 Å². The molecule has 108 valence electrons. The van der Waals surface area contributed by atoms with Gasteiger partial charge in [0, 0.05) is 44.3 Å². The second-order valence-corrected chi connectivity index (χ2v) is 5.07. The molecule has 0 spiro atoms. The Balaban J connectivity index is 1.65. The number of nitrogens with zero attached hydrogens (tertiary/aromatic N) is 2. The molecule has 2 aromatic rings. The Morgan fingerprint density at radius 2 is 1.90 bits per heavy atom. The smallest absolute Gasteiger partial charge is 0.0363 e. The number of para-hydroxylation sites is 1. The van der Waals surface area contributed by atoms with Crippen LogP contribution in [0.1, 0.15) is 19.0 Å². The zero-order valence-electron chi connectivity index (χ0n) is 12.5. The van der Waals surface area contributed by atoms with E-state index < -0.39 is 0 Å². The van der Waals surface area contributed by atoms with Gasteiger partial charge in [-0.3, -0.25) is 0 Å². The number of aryl methyl sites for hydroxylation is 1. The summed E-state index contributed by atoms with van der Waals surface area (Å²) in [7, 11) is 2.15. The van der Waals surface area contributed by atoms with Gasteiger partial charge in [0.2, 0.25) is 0 Å². The molecule has 0 atom stereocenters. The van der Waals surface area contributed by atoms with Crippen molar-refractivity contribution in [3.05, 3.63) is 54.4 Å². The molecule has 0 bridgehead atoms. The molecule has 0 aliphatic rings. The minimum Gasteiger partial charge on any atom is -0.375 e. The van der Waals surface area contributed by atoms with Crippen LogP contribution in [-0.4, -0.2) is 24.7 Å². The lowest BCUT2D eigenvalue weighted by Crippen LogP contribution is -2.24. The van der Waals surface area contributed by atoms with E-state index in [0.717, 1.165) is 32.6 Å². The lowest BCUT2D eigenvalue weighted by molar-refractivity contribution is 0.608. The van der Waals surface area contributed by atoms with Gasteiger partial charge in [-0.15, -0.1) is 0 Å². The Morgan fingerprint density at radius 3 is 2.65 bits per heavy atom. The van der Waals surface area contributed by atoms with E-state index in [1.54, 1.807) is 0 Å². The molecule has 1 aromatic carbocycles. The van der Waals surface area contributed by atoms with Crippen LogP contribution in [0.25, 0.3) is 0 Å². The van der Waals surface area contributed by atoms with E-state index in [4.69, 9.17) is 0 Å². The van der Waals surface area contributed by atoms with Gasteiger partial charge in [0.25, 0.3) is 0 Å². The maximum Gasteiger partial charge on any atom is 0.0363 e. The first-order valence-electron chi connectivity index (χ1n) is 7.42. The fourth-order valence-corrected chi connectivity index (χ4v) is 2.39. The molecule has 0 fully saturated rings. The third kappa shape index (κ3) is 4.14. The van der Waals surface area contributed by atoms with Crippen LogP contribution in [0.4, 0.5) is 5.69 Å². The maximum absolute atomic E-state index is 3.52. The topological polar surface area (TPSA) is 20.2 Å². The van der Waals surface area contributed by atoms with Crippen LogP contribution in [0, 0.1) is 0 Å². The molecule has 0 unspecified atom stereocenters. The van der Waals surface area contributed by atoms with E-state index in [1.165, 1.54) is 11.4 Å². The Hall–Kier alpha value is -1.74. The van der Waals surface area contributed by atoms with E-state index in [1.807, 2.05) is 0 Å². The highest BCUT2D eigenvalue weighted by atomic mass is 15.1. The highest BCUT2D eigenvalue weighted by Crippen LogP contribution is 2.10. The van der Waals surface area contributed by atoms with Crippen molar-refractivity contribution in [2.45, 2.75) is 26.4 Å². The quantitative estimate of drug-likeness (QED) is 0.744. The number of hydrogen-bond acceptors (Lipinski definition) is 2. The summed E-state index contributed by atoms with van der Waals surface area (Å²) < 4.78 is 2.28. The highest BCUT2D eigenvalue weighted by molar-refractivity contribution is 5.44. The van der Waals surface area contributed by atoms with Gasteiger partial charge in [0.1, 0.15) is 0 Å². The Morgan fingerprint density at radius 1 is 1.10 bits per heavy atom. The summed E-state index contributed by atoms with van der Waals surface area (Å²) in [5.41, 5.74) is 2.65. The zero-order chi connectivity index (χ0) is 14.2. The number of benzene rings is 1. The first kappa shape index (κ1) is 14.7. The van der Waals surface area contributed by atoms with Gasteiger partial charge >= 0.3 is 0 Å². The van der Waals surface area contributed by atoms with Crippen LogP contribution in [0.15, 0.2) is 48.7 Å². The Labute approximate surface area is 122 Å². The second kappa shape index (κ2) is 7.75. The largest absolute Gasteiger partial charge is 0.375 e. The first-order chi connectivity index (χ1) is 9.81. The highest BCUT2D eigenvalue weighted by Gasteiger charge is 2.00. The van der Waals surface area contributed by atoms with Crippen LogP contribution in [0.5, 0.6) is 0 Å². The Kier molecular flexibility index (Phi) is 5.69. The predicted molar refractivity (Wildman–Crippen MR) is 86.1 cm³/mol. The van der Waals surface area contributed by atoms with Gasteiger partial charge < -0.3 is 14.8 Å². The van der Waals surface area contributed by atoms with E-state index in [-0.39, 0.29) is 0 Å². The molecule has 3 heteroatoms. The van der Waals surface area contributed by atoms with Crippen LogP contribution < -0.4 is 10.2 Å². The minimum absolute atomic E-state index is 0.954. The molecule has 0 radical (unpaired) electrons. The molecule has 0 saturated carbocycles. The average molecular weight is 271 g/mol. The second-order valence-electron chi connectivity index (χ2n) is 5.07. The van der Waals surface area contributed by atoms with Crippen molar-refractivity contribution in [2.24, 2.45) is 0 Å². The minimum atomic E-state index is 0.954. The summed E-state index contributed by atoms with van der Waals surface area (Å²) in [4.78, 5) is 2.30. The van der Waals surface area contributed by atoms with Gasteiger partial charge in [-0.05, 0) is 44.2 Å². The molecule has 0 aliphatic heterocycles. The van der Waals surface area contributed by atoms with Crippen molar-refractivity contribution < 1.29 is 0 Å². The van der Waals surface area contributed by atoms with Gasteiger partial charge in [0.15, 0.2) is 0 Å². The predicted octanol–water partition coefficient (Wildman–Crippen LogP) is 3.12. The number of rotatable bonds is 8. The van der Waals surface area contributed by atoms with Crippen molar-refractivity contribution in [1.82, 2.24) is 9.88 Å². The molecule has 3 nitrogen and oxygen atoms in total. The third-order valence-corrected chi connectivity index (χ3v) is 3.61. The number of aromatic nitrogens is 1. The number of anilines is 1. The molecule has 1 aromatic heterocycles. The summed E-state index contributed by atoms with van der Waals surface area (Å²) >= 11 is 0. The molecule has 0 amide bonds. The van der Waals surface area contributed by atoms with Gasteiger partial charge in [-0.2, -0.15) is 0 Å². The van der Waals surface area contributed by atoms with Gasteiger partial charge in [-0.25, -0.2) is 0 Å². The van der Waals surface area contributed by atoms with Crippen LogP contribution in [0.3, 0.4) is 0 Å². The fraction of sp³-hybridized carbons (Fsp3) is 0.412. The van der Waals surface area contributed by atoms with Crippen LogP contribution >= 0.6 is 0 Å². The number of hydrogen-bond donors (Lipinski definition) is 1. The standard InChI is InChI=1S/C17H25N3/c1-3-20-14-7-11-17(20)15-18-12-8-13-19(2)16-9-5-4-6-10-16/h4-7,9-11,14,18H,3,8,12-13,15H2,1-2H3. The van der Waals surface area contributed by atoms with Crippen LogP contribution in [-0.2, 0) is 13.1 Å². The summed E-state index contributed by atoms with van der Waals surface area (Å²) in [6.07, 6.45) is 3.29. The molecule has 1 N–H and O–H groups in total. The van der Waals surface area contributed by atoms with Crippen molar-refractivity contribution in [1.29, 1.82) is 0 Å². The molecule has 0 saturated heterocycles. The summed E-state index contributed by atoms with van der Waals surface area (Å²) in [5, 5.41) is 3.52. The van der Waals surface area contributed by atoms with Crippen molar-refractivity contribution in [3.8, 4) is 0 Å². The summed E-state index contributed by atoms with van der Waals surface area (Å²) in [6, 6.07) is 14.8.